The van der Waals surface area contributed by atoms with Gasteiger partial charge in [0.05, 0.1) is 13.1 Å². The Morgan fingerprint density at radius 3 is 2.50 bits per heavy atom. The molecule has 0 aromatic carbocycles. The summed E-state index contributed by atoms with van der Waals surface area (Å²) in [6, 6.07) is 1.78. The molecule has 0 saturated carbocycles. The lowest BCUT2D eigenvalue weighted by molar-refractivity contribution is -0.137. The van der Waals surface area contributed by atoms with Gasteiger partial charge in [-0.25, -0.2) is 0 Å². The van der Waals surface area contributed by atoms with Crippen LogP contribution in [0.5, 0.6) is 0 Å². The average molecular weight is 427 g/mol. The summed E-state index contributed by atoms with van der Waals surface area (Å²) in [5, 5.41) is 11.6. The van der Waals surface area contributed by atoms with Gasteiger partial charge < -0.3 is 10.4 Å². The largest absolute Gasteiger partial charge is 0.481 e. The second-order valence-electron chi connectivity index (χ2n) is 5.30. The zero-order valence-corrected chi connectivity index (χ0v) is 15.3. The normalized spacial score (nSPS) is 11.4. The first-order valence-electron chi connectivity index (χ1n) is 6.16. The van der Waals surface area contributed by atoms with Crippen LogP contribution in [0.25, 0.3) is 0 Å². The monoisotopic (exact) mass is 425 g/mol. The van der Waals surface area contributed by atoms with Gasteiger partial charge in [-0.2, -0.15) is 0 Å². The number of thiophene rings is 1. The topological polar surface area (TPSA) is 66.4 Å². The predicted molar refractivity (Wildman–Crippen MR) is 87.3 cm³/mol. The van der Waals surface area contributed by atoms with Crippen molar-refractivity contribution in [3.8, 4) is 0 Å². The predicted octanol–water partition coefficient (Wildman–Crippen LogP) is 4.28. The molecule has 0 aliphatic carbocycles. The molecule has 20 heavy (non-hydrogen) atoms. The standard InChI is InChI=1S/C13H17Br2NO3S/c1-13(2,4-3-10(17)18)5-6-16-12(19)8-7-9(14)20-11(8)15/h7H,3-6H2,1-2H3,(H,16,19)(H,17,18). The summed E-state index contributed by atoms with van der Waals surface area (Å²) in [4.78, 5) is 22.6. The minimum Gasteiger partial charge on any atom is -0.481 e. The molecule has 1 aromatic heterocycles. The number of hydrogen-bond acceptors (Lipinski definition) is 3. The van der Waals surface area contributed by atoms with Gasteiger partial charge in [0.15, 0.2) is 0 Å². The molecule has 1 rings (SSSR count). The van der Waals surface area contributed by atoms with Gasteiger partial charge in [-0.3, -0.25) is 9.59 Å². The highest BCUT2D eigenvalue weighted by Gasteiger charge is 2.20. The zero-order valence-electron chi connectivity index (χ0n) is 11.3. The first-order valence-corrected chi connectivity index (χ1v) is 8.56. The number of aliphatic carboxylic acids is 1. The molecule has 0 atom stereocenters. The van der Waals surface area contributed by atoms with Crippen molar-refractivity contribution < 1.29 is 14.7 Å². The van der Waals surface area contributed by atoms with Gasteiger partial charge in [0.25, 0.3) is 5.91 Å². The van der Waals surface area contributed by atoms with Crippen molar-refractivity contribution in [2.24, 2.45) is 5.41 Å². The van der Waals surface area contributed by atoms with Gasteiger partial charge in [0.1, 0.15) is 0 Å². The highest BCUT2D eigenvalue weighted by molar-refractivity contribution is 9.12. The lowest BCUT2D eigenvalue weighted by Crippen LogP contribution is -2.28. The van der Waals surface area contributed by atoms with Crippen molar-refractivity contribution in [1.29, 1.82) is 0 Å². The summed E-state index contributed by atoms with van der Waals surface area (Å²) < 4.78 is 1.70. The molecular weight excluding hydrogens is 410 g/mol. The molecule has 2 N–H and O–H groups in total. The van der Waals surface area contributed by atoms with Crippen molar-refractivity contribution in [2.45, 2.75) is 33.1 Å². The van der Waals surface area contributed by atoms with E-state index in [1.807, 2.05) is 13.8 Å². The number of carbonyl (C=O) groups excluding carboxylic acids is 1. The van der Waals surface area contributed by atoms with Crippen LogP contribution in [0, 0.1) is 5.41 Å². The third-order valence-corrected chi connectivity index (χ3v) is 5.34. The molecule has 0 fully saturated rings. The Morgan fingerprint density at radius 1 is 1.35 bits per heavy atom. The van der Waals surface area contributed by atoms with E-state index < -0.39 is 5.97 Å². The van der Waals surface area contributed by atoms with E-state index in [-0.39, 0.29) is 17.7 Å². The van der Waals surface area contributed by atoms with E-state index in [9.17, 15) is 9.59 Å². The molecule has 0 aliphatic heterocycles. The molecule has 0 radical (unpaired) electrons. The Morgan fingerprint density at radius 2 is 2.00 bits per heavy atom. The molecular formula is C13H17Br2NO3S. The Labute approximate surface area is 139 Å². The fourth-order valence-corrected chi connectivity index (χ4v) is 4.47. The second kappa shape index (κ2) is 7.56. The number of amides is 1. The summed E-state index contributed by atoms with van der Waals surface area (Å²) in [7, 11) is 0. The summed E-state index contributed by atoms with van der Waals surface area (Å²) in [5.74, 6) is -0.901. The van der Waals surface area contributed by atoms with E-state index in [0.717, 1.165) is 14.0 Å². The van der Waals surface area contributed by atoms with Crippen LogP contribution >= 0.6 is 43.2 Å². The van der Waals surface area contributed by atoms with Crippen LogP contribution in [-0.2, 0) is 4.79 Å². The Hall–Kier alpha value is -0.400. The van der Waals surface area contributed by atoms with E-state index in [2.05, 4.69) is 37.2 Å². The highest BCUT2D eigenvalue weighted by Crippen LogP contribution is 2.32. The van der Waals surface area contributed by atoms with Crippen molar-refractivity contribution in [3.63, 3.8) is 0 Å². The number of carboxylic acid groups (broad SMARTS) is 1. The third kappa shape index (κ3) is 5.93. The average Bonchev–Trinajstić information content (AvgIpc) is 2.66. The molecule has 4 nitrogen and oxygen atoms in total. The highest BCUT2D eigenvalue weighted by atomic mass is 79.9. The van der Waals surface area contributed by atoms with Crippen molar-refractivity contribution in [1.82, 2.24) is 5.32 Å². The number of nitrogens with one attached hydrogen (secondary N) is 1. The maximum Gasteiger partial charge on any atom is 0.303 e. The van der Waals surface area contributed by atoms with Crippen LogP contribution < -0.4 is 5.32 Å². The molecule has 1 heterocycles. The van der Waals surface area contributed by atoms with Crippen LogP contribution in [0.1, 0.15) is 43.5 Å². The Kier molecular flexibility index (Phi) is 6.68. The zero-order chi connectivity index (χ0) is 15.3. The molecule has 0 aliphatic rings. The van der Waals surface area contributed by atoms with Crippen LogP contribution in [0.15, 0.2) is 13.6 Å². The number of carboxylic acids is 1. The Bertz CT molecular complexity index is 500. The van der Waals surface area contributed by atoms with Gasteiger partial charge in [-0.1, -0.05) is 13.8 Å². The minimum atomic E-state index is -0.783. The van der Waals surface area contributed by atoms with Gasteiger partial charge >= 0.3 is 5.97 Å². The summed E-state index contributed by atoms with van der Waals surface area (Å²) >= 11 is 8.15. The smallest absolute Gasteiger partial charge is 0.303 e. The first-order chi connectivity index (χ1) is 9.21. The van der Waals surface area contributed by atoms with Crippen molar-refractivity contribution in [3.05, 3.63) is 19.2 Å². The molecule has 7 heteroatoms. The lowest BCUT2D eigenvalue weighted by Gasteiger charge is -2.23. The third-order valence-electron chi connectivity index (χ3n) is 3.00. The van der Waals surface area contributed by atoms with E-state index >= 15 is 0 Å². The molecule has 1 aromatic rings. The van der Waals surface area contributed by atoms with Crippen molar-refractivity contribution >= 4 is 55.1 Å². The SMILES string of the molecule is CC(C)(CCNC(=O)c1cc(Br)sc1Br)CCC(=O)O. The number of carbonyl (C=O) groups is 2. The van der Waals surface area contributed by atoms with Gasteiger partial charge in [-0.05, 0) is 56.2 Å². The summed E-state index contributed by atoms with van der Waals surface area (Å²) in [6.45, 7) is 4.56. The second-order valence-corrected chi connectivity index (χ2v) is 9.05. The quantitative estimate of drug-likeness (QED) is 0.683. The minimum absolute atomic E-state index is 0.0991. The van der Waals surface area contributed by atoms with E-state index in [1.54, 1.807) is 6.07 Å². The van der Waals surface area contributed by atoms with Gasteiger partial charge in [0.2, 0.25) is 0 Å². The van der Waals surface area contributed by atoms with Crippen molar-refractivity contribution in [2.75, 3.05) is 6.54 Å². The maximum absolute atomic E-state index is 12.0. The van der Waals surface area contributed by atoms with Crippen LogP contribution in [0.2, 0.25) is 0 Å². The fourth-order valence-electron chi connectivity index (χ4n) is 1.68. The first kappa shape index (κ1) is 17.7. The van der Waals surface area contributed by atoms with Crippen LogP contribution in [-0.4, -0.2) is 23.5 Å². The van der Waals surface area contributed by atoms with Gasteiger partial charge in [-0.15, -0.1) is 11.3 Å². The van der Waals surface area contributed by atoms with E-state index in [1.165, 1.54) is 11.3 Å². The fraction of sp³-hybridized carbons (Fsp3) is 0.538. The van der Waals surface area contributed by atoms with E-state index in [0.29, 0.717) is 18.5 Å². The molecule has 0 saturated heterocycles. The summed E-state index contributed by atoms with van der Waals surface area (Å²) in [6.07, 6.45) is 1.50. The van der Waals surface area contributed by atoms with Crippen LogP contribution in [0.4, 0.5) is 0 Å². The Balaban J connectivity index is 2.42. The maximum atomic E-state index is 12.0. The number of hydrogen-bond donors (Lipinski definition) is 2. The molecule has 0 spiro atoms. The number of halogens is 2. The summed E-state index contributed by atoms with van der Waals surface area (Å²) in [5.41, 5.74) is 0.517. The number of rotatable bonds is 7. The lowest BCUT2D eigenvalue weighted by atomic mass is 9.84. The molecule has 0 unspecified atom stereocenters. The molecule has 1 amide bonds. The molecule has 0 bridgehead atoms. The molecule has 112 valence electrons. The van der Waals surface area contributed by atoms with Crippen LogP contribution in [0.3, 0.4) is 0 Å². The van der Waals surface area contributed by atoms with Gasteiger partial charge in [0, 0.05) is 13.0 Å². The van der Waals surface area contributed by atoms with E-state index in [4.69, 9.17) is 5.11 Å².